The maximum atomic E-state index is 13.2. The Kier molecular flexibility index (Phi) is 5.57. The second-order valence-corrected chi connectivity index (χ2v) is 3.68. The maximum absolute atomic E-state index is 13.2. The molecular weight excluding hydrogens is 259 g/mol. The molecule has 1 N–H and O–H groups in total. The normalized spacial score (nSPS) is 12.0. The van der Waals surface area contributed by atoms with Crippen LogP contribution in [0.5, 0.6) is 0 Å². The van der Waals surface area contributed by atoms with Crippen molar-refractivity contribution < 1.29 is 22.7 Å². The summed E-state index contributed by atoms with van der Waals surface area (Å²) in [5.74, 6) is -4.99. The fourth-order valence-electron chi connectivity index (χ4n) is 1.51. The zero-order valence-corrected chi connectivity index (χ0v) is 10.4. The van der Waals surface area contributed by atoms with Crippen LogP contribution in [0.15, 0.2) is 24.8 Å². The molecule has 0 aliphatic rings. The summed E-state index contributed by atoms with van der Waals surface area (Å²) in [7, 11) is 0. The number of esters is 1. The highest BCUT2D eigenvalue weighted by Crippen LogP contribution is 2.20. The van der Waals surface area contributed by atoms with Crippen LogP contribution in [0.3, 0.4) is 0 Å². The smallest absolute Gasteiger partial charge is 0.327 e. The molecule has 1 rings (SSSR count). The Labute approximate surface area is 109 Å². The lowest BCUT2D eigenvalue weighted by Crippen LogP contribution is -2.30. The first-order chi connectivity index (χ1) is 9.01. The molecule has 0 aromatic heterocycles. The van der Waals surface area contributed by atoms with E-state index < -0.39 is 29.5 Å². The van der Waals surface area contributed by atoms with E-state index in [2.05, 4.69) is 11.9 Å². The van der Waals surface area contributed by atoms with Crippen molar-refractivity contribution in [2.75, 3.05) is 13.2 Å². The van der Waals surface area contributed by atoms with Gasteiger partial charge in [-0.25, -0.2) is 18.0 Å². The number of hydrogen-bond acceptors (Lipinski definition) is 3. The minimum absolute atomic E-state index is 0.0447. The summed E-state index contributed by atoms with van der Waals surface area (Å²) in [5, 5.41) is 2.70. The third kappa shape index (κ3) is 3.82. The number of benzene rings is 1. The van der Waals surface area contributed by atoms with Crippen molar-refractivity contribution in [1.29, 1.82) is 0 Å². The lowest BCUT2D eigenvalue weighted by molar-refractivity contribution is -0.145. The quantitative estimate of drug-likeness (QED) is 0.491. The first kappa shape index (κ1) is 15.2. The molecular formula is C13H14F3NO2. The average Bonchev–Trinajstić information content (AvgIpc) is 2.36. The van der Waals surface area contributed by atoms with Gasteiger partial charge < -0.3 is 4.74 Å². The van der Waals surface area contributed by atoms with E-state index in [-0.39, 0.29) is 18.7 Å². The summed E-state index contributed by atoms with van der Waals surface area (Å²) >= 11 is 0. The van der Waals surface area contributed by atoms with E-state index in [1.807, 2.05) is 0 Å². The molecule has 0 bridgehead atoms. The largest absolute Gasteiger partial charge is 0.465 e. The third-order valence-corrected chi connectivity index (χ3v) is 2.33. The monoisotopic (exact) mass is 273 g/mol. The molecule has 1 aromatic rings. The number of halogens is 3. The molecule has 0 saturated carbocycles. The Morgan fingerprint density at radius 1 is 1.42 bits per heavy atom. The second kappa shape index (κ2) is 6.94. The highest BCUT2D eigenvalue weighted by atomic mass is 19.2. The van der Waals surface area contributed by atoms with Crippen molar-refractivity contribution in [3.05, 3.63) is 47.8 Å². The van der Waals surface area contributed by atoms with Crippen LogP contribution in [0.1, 0.15) is 18.5 Å². The van der Waals surface area contributed by atoms with Crippen molar-refractivity contribution in [3.8, 4) is 0 Å². The minimum atomic E-state index is -1.57. The Balaban J connectivity index is 3.09. The lowest BCUT2D eigenvalue weighted by atomic mass is 10.1. The standard InChI is InChI=1S/C13H14F3NO2/c1-3-5-17-12(13(18)19-4-2)8-6-9(14)11(16)10(15)7-8/h3,6-7,12,17H,1,4-5H2,2H3. The van der Waals surface area contributed by atoms with Crippen LogP contribution < -0.4 is 5.32 Å². The molecule has 1 atom stereocenters. The third-order valence-electron chi connectivity index (χ3n) is 2.33. The lowest BCUT2D eigenvalue weighted by Gasteiger charge is -2.17. The van der Waals surface area contributed by atoms with Crippen LogP contribution in [-0.4, -0.2) is 19.1 Å². The molecule has 6 heteroatoms. The van der Waals surface area contributed by atoms with Gasteiger partial charge in [0.25, 0.3) is 0 Å². The number of rotatable bonds is 6. The van der Waals surface area contributed by atoms with Gasteiger partial charge in [0, 0.05) is 6.54 Å². The van der Waals surface area contributed by atoms with E-state index in [0.717, 1.165) is 12.1 Å². The van der Waals surface area contributed by atoms with Gasteiger partial charge in [0.1, 0.15) is 6.04 Å². The van der Waals surface area contributed by atoms with Gasteiger partial charge in [-0.15, -0.1) is 6.58 Å². The minimum Gasteiger partial charge on any atom is -0.465 e. The van der Waals surface area contributed by atoms with E-state index in [1.54, 1.807) is 6.92 Å². The number of nitrogens with one attached hydrogen (secondary N) is 1. The van der Waals surface area contributed by atoms with E-state index >= 15 is 0 Å². The molecule has 0 saturated heterocycles. The molecule has 0 fully saturated rings. The molecule has 104 valence electrons. The highest BCUT2D eigenvalue weighted by molar-refractivity contribution is 5.77. The SMILES string of the molecule is C=CCNC(C(=O)OCC)c1cc(F)c(F)c(F)c1. The highest BCUT2D eigenvalue weighted by Gasteiger charge is 2.24. The Hall–Kier alpha value is -1.82. The topological polar surface area (TPSA) is 38.3 Å². The number of hydrogen-bond donors (Lipinski definition) is 1. The number of carbonyl (C=O) groups is 1. The predicted molar refractivity (Wildman–Crippen MR) is 63.9 cm³/mol. The second-order valence-electron chi connectivity index (χ2n) is 3.68. The van der Waals surface area contributed by atoms with Crippen LogP contribution in [0, 0.1) is 17.5 Å². The van der Waals surface area contributed by atoms with Gasteiger partial charge in [0.2, 0.25) is 0 Å². The summed E-state index contributed by atoms with van der Waals surface area (Å²) in [6.07, 6.45) is 1.47. The summed E-state index contributed by atoms with van der Waals surface area (Å²) < 4.78 is 44.0. The van der Waals surface area contributed by atoms with Crippen molar-refractivity contribution in [3.63, 3.8) is 0 Å². The molecule has 1 unspecified atom stereocenters. The zero-order valence-electron chi connectivity index (χ0n) is 10.4. The molecule has 19 heavy (non-hydrogen) atoms. The van der Waals surface area contributed by atoms with Gasteiger partial charge in [0.05, 0.1) is 6.61 Å². The Bertz CT molecular complexity index is 454. The molecule has 0 aliphatic heterocycles. The van der Waals surface area contributed by atoms with Crippen LogP contribution in [-0.2, 0) is 9.53 Å². The van der Waals surface area contributed by atoms with E-state index in [4.69, 9.17) is 4.74 Å². The Morgan fingerprint density at radius 2 is 2.00 bits per heavy atom. The van der Waals surface area contributed by atoms with E-state index in [1.165, 1.54) is 6.08 Å². The van der Waals surface area contributed by atoms with Gasteiger partial charge in [0.15, 0.2) is 17.5 Å². The molecule has 3 nitrogen and oxygen atoms in total. The predicted octanol–water partition coefficient (Wildman–Crippen LogP) is 2.48. The van der Waals surface area contributed by atoms with Gasteiger partial charge in [-0.2, -0.15) is 0 Å². The molecule has 0 radical (unpaired) electrons. The van der Waals surface area contributed by atoms with Crippen molar-refractivity contribution in [1.82, 2.24) is 5.32 Å². The van der Waals surface area contributed by atoms with E-state index in [0.29, 0.717) is 0 Å². The van der Waals surface area contributed by atoms with Gasteiger partial charge in [-0.3, -0.25) is 5.32 Å². The van der Waals surface area contributed by atoms with Crippen LogP contribution >= 0.6 is 0 Å². The number of carbonyl (C=O) groups excluding carboxylic acids is 1. The zero-order chi connectivity index (χ0) is 14.4. The van der Waals surface area contributed by atoms with Crippen LogP contribution in [0.25, 0.3) is 0 Å². The Morgan fingerprint density at radius 3 is 2.47 bits per heavy atom. The average molecular weight is 273 g/mol. The first-order valence-electron chi connectivity index (χ1n) is 5.66. The summed E-state index contributed by atoms with van der Waals surface area (Å²) in [6, 6.07) is 0.439. The summed E-state index contributed by atoms with van der Waals surface area (Å²) in [5.41, 5.74) is -0.0447. The van der Waals surface area contributed by atoms with Crippen molar-refractivity contribution >= 4 is 5.97 Å². The molecule has 0 aliphatic carbocycles. The maximum Gasteiger partial charge on any atom is 0.327 e. The molecule has 0 heterocycles. The van der Waals surface area contributed by atoms with Gasteiger partial charge in [-0.1, -0.05) is 6.08 Å². The number of ether oxygens (including phenoxy) is 1. The van der Waals surface area contributed by atoms with Crippen LogP contribution in [0.2, 0.25) is 0 Å². The van der Waals surface area contributed by atoms with Crippen molar-refractivity contribution in [2.45, 2.75) is 13.0 Å². The van der Waals surface area contributed by atoms with Gasteiger partial charge >= 0.3 is 5.97 Å². The molecule has 0 amide bonds. The fraction of sp³-hybridized carbons (Fsp3) is 0.308. The summed E-state index contributed by atoms with van der Waals surface area (Å²) in [4.78, 5) is 11.7. The fourth-order valence-corrected chi connectivity index (χ4v) is 1.51. The van der Waals surface area contributed by atoms with E-state index in [9.17, 15) is 18.0 Å². The van der Waals surface area contributed by atoms with Crippen LogP contribution in [0.4, 0.5) is 13.2 Å². The van der Waals surface area contributed by atoms with Gasteiger partial charge in [-0.05, 0) is 24.6 Å². The summed E-state index contributed by atoms with van der Waals surface area (Å²) in [6.45, 7) is 5.41. The van der Waals surface area contributed by atoms with Crippen molar-refractivity contribution in [2.24, 2.45) is 0 Å². The first-order valence-corrected chi connectivity index (χ1v) is 5.66. The molecule has 1 aromatic carbocycles. The molecule has 0 spiro atoms.